The van der Waals surface area contributed by atoms with Crippen LogP contribution in [0, 0.1) is 0 Å². The van der Waals surface area contributed by atoms with Gasteiger partial charge in [-0.1, -0.05) is 328 Å². The maximum atomic E-state index is 6.33. The van der Waals surface area contributed by atoms with E-state index >= 15 is 0 Å². The largest absolute Gasteiger partial charge is 0.494 e. The normalized spacial score (nSPS) is 18.2. The summed E-state index contributed by atoms with van der Waals surface area (Å²) in [6, 6.07) is 103. The molecule has 0 radical (unpaired) electrons. The van der Waals surface area contributed by atoms with E-state index in [1.165, 1.54) is 203 Å². The molecule has 23 rings (SSSR count). The van der Waals surface area contributed by atoms with E-state index < -0.39 is 0 Å². The standard InChI is InChI=1S/C61H46.C27H36B2O4.C23H17Br/c1-59(2)49-29-25-35-15-7-9-17-39(35)55(49)57-45-21-13-11-19-41(45)47(33-53(57)59)37-23-27-43-44-28-24-38(32-52(44)61(5,6)51(43)31-37)48-34-54-58(46-22-14-12-20-42(46)48)56-40-18-10-8-16-36(40)26-30-50(56)60(54,3)4;1-23(2)21-15-17(28-30-24(3,4)25(5,6)31-28)11-13-19(21)20-14-12-18(16-22(20)23)29-32-26(7,8)27(9,10)33-29;1-23(2)18-12-11-14-7-3-4-8-15(14)21(18)22-17-10-6-5-9-16(17)20(24)13-19(22)23/h7-34H,1-6H3;11-16H,1-10H3;3-13H,1-2H3. The molecule has 0 atom stereocenters. The molecule has 2 fully saturated rings. The predicted molar refractivity (Wildman–Crippen MR) is 502 cm³/mol. The predicted octanol–water partition coefficient (Wildman–Crippen LogP) is 28.2. The van der Waals surface area contributed by atoms with Crippen molar-refractivity contribution in [2.24, 2.45) is 0 Å². The molecule has 16 aromatic rings. The second kappa shape index (κ2) is 25.5. The summed E-state index contributed by atoms with van der Waals surface area (Å²) in [5, 5.41) is 15.9. The lowest BCUT2D eigenvalue weighted by Crippen LogP contribution is -2.41. The molecule has 2 heterocycles. The highest BCUT2D eigenvalue weighted by Gasteiger charge is 2.55. The lowest BCUT2D eigenvalue weighted by Gasteiger charge is -2.32. The van der Waals surface area contributed by atoms with Crippen LogP contribution in [-0.2, 0) is 45.7 Å². The molecule has 118 heavy (non-hydrogen) atoms. The molecule has 7 aliphatic rings. The first kappa shape index (κ1) is 75.0. The van der Waals surface area contributed by atoms with Gasteiger partial charge in [-0.25, -0.2) is 0 Å². The molecular weight excluding hydrogens is 1500 g/mol. The minimum atomic E-state index is -0.361. The molecule has 0 spiro atoms. The molecule has 580 valence electrons. The Hall–Kier alpha value is -10.5. The fraction of sp³-hybridized carbons (Fsp3) is 0.243. The van der Waals surface area contributed by atoms with Crippen molar-refractivity contribution in [3.05, 3.63) is 333 Å². The van der Waals surface area contributed by atoms with Gasteiger partial charge in [0.25, 0.3) is 0 Å². The monoisotopic (exact) mass is 1600 g/mol. The van der Waals surface area contributed by atoms with Crippen LogP contribution in [0.5, 0.6) is 0 Å². The van der Waals surface area contributed by atoms with Gasteiger partial charge in [-0.15, -0.1) is 0 Å². The van der Waals surface area contributed by atoms with E-state index in [4.69, 9.17) is 18.6 Å². The summed E-state index contributed by atoms with van der Waals surface area (Å²) in [4.78, 5) is 0. The second-order valence-electron chi connectivity index (χ2n) is 39.2. The highest BCUT2D eigenvalue weighted by atomic mass is 79.9. The molecule has 0 unspecified atom stereocenters. The smallest absolute Gasteiger partial charge is 0.399 e. The number of benzene rings is 16. The van der Waals surface area contributed by atoms with E-state index in [-0.39, 0.29) is 63.7 Å². The van der Waals surface area contributed by atoms with E-state index in [1.54, 1.807) is 0 Å². The fourth-order valence-electron chi connectivity index (χ4n) is 21.6. The third kappa shape index (κ3) is 10.7. The third-order valence-corrected chi connectivity index (χ3v) is 30.4. The summed E-state index contributed by atoms with van der Waals surface area (Å²) >= 11 is 3.80. The van der Waals surface area contributed by atoms with Crippen molar-refractivity contribution < 1.29 is 18.6 Å². The van der Waals surface area contributed by atoms with Crippen LogP contribution in [-0.4, -0.2) is 36.6 Å². The maximum absolute atomic E-state index is 6.33. The van der Waals surface area contributed by atoms with Crippen LogP contribution >= 0.6 is 15.9 Å². The zero-order chi connectivity index (χ0) is 81.8. The van der Waals surface area contributed by atoms with Crippen molar-refractivity contribution in [1.82, 2.24) is 0 Å². The van der Waals surface area contributed by atoms with Gasteiger partial charge in [-0.05, 0) is 295 Å². The van der Waals surface area contributed by atoms with Crippen LogP contribution in [0.1, 0.15) is 180 Å². The Labute approximate surface area is 704 Å². The lowest BCUT2D eigenvalue weighted by molar-refractivity contribution is 0.00578. The number of hydrogen-bond acceptors (Lipinski definition) is 4. The maximum Gasteiger partial charge on any atom is 0.494 e. The first-order chi connectivity index (χ1) is 56.2. The minimum absolute atomic E-state index is 0.0151. The second-order valence-corrected chi connectivity index (χ2v) is 40.0. The summed E-state index contributed by atoms with van der Waals surface area (Å²) in [5.41, 5.74) is 33.0. The minimum Gasteiger partial charge on any atom is -0.399 e. The Bertz CT molecular complexity index is 6730. The van der Waals surface area contributed by atoms with Gasteiger partial charge in [0, 0.05) is 31.5 Å². The molecule has 5 aliphatic carbocycles. The van der Waals surface area contributed by atoms with E-state index in [0.717, 1.165) is 10.9 Å². The van der Waals surface area contributed by atoms with E-state index in [1.807, 2.05) is 0 Å². The van der Waals surface area contributed by atoms with Crippen molar-refractivity contribution >= 4 is 106 Å². The zero-order valence-corrected chi connectivity index (χ0v) is 72.7. The number of halogens is 1. The number of rotatable bonds is 4. The van der Waals surface area contributed by atoms with Gasteiger partial charge in [0.05, 0.1) is 22.4 Å². The zero-order valence-electron chi connectivity index (χ0n) is 71.1. The van der Waals surface area contributed by atoms with E-state index in [9.17, 15) is 0 Å². The average Bonchev–Trinajstić information content (AvgIpc) is 1.54. The summed E-state index contributed by atoms with van der Waals surface area (Å²) < 4.78 is 26.5. The molecule has 7 heteroatoms. The summed E-state index contributed by atoms with van der Waals surface area (Å²) in [6.07, 6.45) is 0. The van der Waals surface area contributed by atoms with Crippen molar-refractivity contribution in [1.29, 1.82) is 0 Å². The molecule has 2 aliphatic heterocycles. The van der Waals surface area contributed by atoms with Gasteiger partial charge < -0.3 is 18.6 Å². The molecule has 16 aromatic carbocycles. The van der Waals surface area contributed by atoms with Crippen molar-refractivity contribution in [3.63, 3.8) is 0 Å². The van der Waals surface area contributed by atoms with Crippen molar-refractivity contribution in [2.45, 2.75) is 174 Å². The van der Waals surface area contributed by atoms with Gasteiger partial charge in [-0.3, -0.25) is 0 Å². The van der Waals surface area contributed by atoms with Gasteiger partial charge in [0.15, 0.2) is 0 Å². The van der Waals surface area contributed by atoms with Crippen LogP contribution in [0.2, 0.25) is 0 Å². The first-order valence-corrected chi connectivity index (χ1v) is 43.2. The summed E-state index contributed by atoms with van der Waals surface area (Å²) in [5.74, 6) is 0. The van der Waals surface area contributed by atoms with Crippen LogP contribution in [0.3, 0.4) is 0 Å². The number of hydrogen-bond donors (Lipinski definition) is 0. The molecule has 4 nitrogen and oxygen atoms in total. The highest BCUT2D eigenvalue weighted by molar-refractivity contribution is 9.10. The summed E-state index contributed by atoms with van der Waals surface area (Å²) in [7, 11) is -0.722. The number of fused-ring (bicyclic) bond motifs is 27. The molecule has 0 N–H and O–H groups in total. The van der Waals surface area contributed by atoms with Crippen LogP contribution in [0.25, 0.3) is 143 Å². The van der Waals surface area contributed by atoms with Crippen LogP contribution in [0.4, 0.5) is 0 Å². The molecule has 0 bridgehead atoms. The van der Waals surface area contributed by atoms with E-state index in [2.05, 4.69) is 414 Å². The van der Waals surface area contributed by atoms with Crippen molar-refractivity contribution in [2.75, 3.05) is 0 Å². The van der Waals surface area contributed by atoms with Crippen LogP contribution in [0.15, 0.2) is 277 Å². The Balaban J connectivity index is 0.000000126. The van der Waals surface area contributed by atoms with Crippen molar-refractivity contribution in [3.8, 4) is 77.9 Å². The highest BCUT2D eigenvalue weighted by Crippen LogP contribution is 2.61. The van der Waals surface area contributed by atoms with Gasteiger partial charge in [-0.2, -0.15) is 0 Å². The molecular formula is C111H99B2BrO4. The topological polar surface area (TPSA) is 36.9 Å². The lowest BCUT2D eigenvalue weighted by atomic mass is 9.73. The van der Waals surface area contributed by atoms with Crippen LogP contribution < -0.4 is 10.9 Å². The quantitative estimate of drug-likeness (QED) is 0.165. The first-order valence-electron chi connectivity index (χ1n) is 42.4. The Morgan fingerprint density at radius 1 is 0.203 bits per heavy atom. The summed E-state index contributed by atoms with van der Waals surface area (Å²) in [6.45, 7) is 40.5. The van der Waals surface area contributed by atoms with Gasteiger partial charge in [0.1, 0.15) is 0 Å². The third-order valence-electron chi connectivity index (χ3n) is 29.7. The average molecular weight is 1600 g/mol. The molecule has 0 saturated carbocycles. The molecule has 2 saturated heterocycles. The Kier molecular flexibility index (Phi) is 16.2. The Morgan fingerprint density at radius 3 is 0.797 bits per heavy atom. The van der Waals surface area contributed by atoms with E-state index in [0.29, 0.717) is 0 Å². The SMILES string of the molecule is CC1(C)c2cc(-c3cc4c(c5ccccc35)-c3c(ccc5ccccc35)C4(C)C)ccc2-c2ccc(-c3cc4c(c5ccccc35)-c3c(ccc5ccccc35)C4(C)C)cc21.CC1(C)c2cc(B3OC(C)(C)C(C)(C)O3)ccc2-c2ccc(B3OC(C)(C)C(C)(C)O3)cc21.CC1(C)c2ccc3ccccc3c2-c2c1cc(Br)c1ccccc21. The molecule has 0 aromatic heterocycles. The van der Waals surface area contributed by atoms with Gasteiger partial charge >= 0.3 is 14.2 Å². The molecule has 0 amide bonds. The fourth-order valence-corrected chi connectivity index (χ4v) is 22.1. The van der Waals surface area contributed by atoms with Gasteiger partial charge in [0.2, 0.25) is 0 Å². The Morgan fingerprint density at radius 2 is 0.458 bits per heavy atom.